The molecule has 0 bridgehead atoms. The van der Waals surface area contributed by atoms with Gasteiger partial charge in [0.25, 0.3) is 0 Å². The second-order valence-corrected chi connectivity index (χ2v) is 6.59. The van der Waals surface area contributed by atoms with Gasteiger partial charge in [0, 0.05) is 19.0 Å². The predicted molar refractivity (Wildman–Crippen MR) is 93.6 cm³/mol. The van der Waals surface area contributed by atoms with E-state index in [9.17, 15) is 4.79 Å². The lowest BCUT2D eigenvalue weighted by atomic mass is 9.87. The molecule has 2 heterocycles. The van der Waals surface area contributed by atoms with E-state index in [1.165, 1.54) is 38.4 Å². The highest BCUT2D eigenvalue weighted by molar-refractivity contribution is 5.82. The van der Waals surface area contributed by atoms with E-state index in [1.807, 2.05) is 0 Å². The molecule has 2 aromatic rings. The van der Waals surface area contributed by atoms with Crippen LogP contribution >= 0.6 is 0 Å². The van der Waals surface area contributed by atoms with E-state index >= 15 is 0 Å². The van der Waals surface area contributed by atoms with Crippen LogP contribution in [0.2, 0.25) is 0 Å². The summed E-state index contributed by atoms with van der Waals surface area (Å²) >= 11 is 0. The fraction of sp³-hybridized carbons (Fsp3) is 0.647. The van der Waals surface area contributed by atoms with Crippen molar-refractivity contribution in [1.29, 1.82) is 0 Å². The Kier molecular flexibility index (Phi) is 5.61. The first-order valence-corrected chi connectivity index (χ1v) is 8.93. The summed E-state index contributed by atoms with van der Waals surface area (Å²) in [7, 11) is 0. The summed E-state index contributed by atoms with van der Waals surface area (Å²) in [4.78, 5) is 27.8. The maximum absolute atomic E-state index is 12.3. The number of fused-ring (bicyclic) bond motifs is 1. The zero-order valence-corrected chi connectivity index (χ0v) is 14.2. The number of carbonyl (C=O) groups excluding carboxylic acids is 1. The summed E-state index contributed by atoms with van der Waals surface area (Å²) in [5.74, 6) is 1.46. The smallest absolute Gasteiger partial charge is 0.220 e. The number of H-pyrrole nitrogens is 1. The largest absolute Gasteiger partial charge is 0.366 e. The highest BCUT2D eigenvalue weighted by atomic mass is 16.1. The van der Waals surface area contributed by atoms with Gasteiger partial charge in [-0.2, -0.15) is 0 Å². The molecule has 1 fully saturated rings. The molecule has 1 saturated carbocycles. The number of rotatable bonds is 7. The van der Waals surface area contributed by atoms with Crippen LogP contribution in [0.4, 0.5) is 5.82 Å². The third-order valence-corrected chi connectivity index (χ3v) is 4.80. The van der Waals surface area contributed by atoms with Crippen LogP contribution in [0.25, 0.3) is 11.2 Å². The van der Waals surface area contributed by atoms with Crippen LogP contribution in [0.5, 0.6) is 0 Å². The quantitative estimate of drug-likeness (QED) is 0.725. The van der Waals surface area contributed by atoms with Crippen LogP contribution < -0.4 is 10.6 Å². The van der Waals surface area contributed by atoms with Crippen molar-refractivity contribution in [3.05, 3.63) is 12.7 Å². The lowest BCUT2D eigenvalue weighted by Gasteiger charge is -2.23. The Labute approximate surface area is 142 Å². The van der Waals surface area contributed by atoms with Crippen molar-refractivity contribution >= 4 is 22.9 Å². The minimum Gasteiger partial charge on any atom is -0.366 e. The Morgan fingerprint density at radius 2 is 2.12 bits per heavy atom. The topological polar surface area (TPSA) is 95.6 Å². The summed E-state index contributed by atoms with van der Waals surface area (Å²) in [6, 6.07) is 0.0917. The first kappa shape index (κ1) is 16.7. The summed E-state index contributed by atoms with van der Waals surface area (Å²) in [6.07, 6.45) is 10.9. The average Bonchev–Trinajstić information content (AvgIpc) is 3.08. The maximum Gasteiger partial charge on any atom is 0.220 e. The van der Waals surface area contributed by atoms with Crippen molar-refractivity contribution in [1.82, 2.24) is 25.3 Å². The van der Waals surface area contributed by atoms with Gasteiger partial charge in [-0.15, -0.1) is 0 Å². The Morgan fingerprint density at radius 3 is 2.92 bits per heavy atom. The van der Waals surface area contributed by atoms with Gasteiger partial charge < -0.3 is 15.6 Å². The van der Waals surface area contributed by atoms with E-state index in [4.69, 9.17) is 0 Å². The van der Waals surface area contributed by atoms with Crippen LogP contribution in [0, 0.1) is 5.92 Å². The summed E-state index contributed by atoms with van der Waals surface area (Å²) in [5, 5.41) is 6.45. The predicted octanol–water partition coefficient (Wildman–Crippen LogP) is 2.63. The molecule has 1 atom stereocenters. The van der Waals surface area contributed by atoms with E-state index in [2.05, 4.69) is 37.5 Å². The molecule has 1 amide bonds. The molecule has 1 aliphatic rings. The summed E-state index contributed by atoms with van der Waals surface area (Å²) < 4.78 is 0. The molecule has 3 rings (SSSR count). The fourth-order valence-corrected chi connectivity index (χ4v) is 3.36. The van der Waals surface area contributed by atoms with Gasteiger partial charge in [0.05, 0.1) is 6.33 Å². The number of hydrogen-bond donors (Lipinski definition) is 3. The molecule has 7 heteroatoms. The zero-order valence-electron chi connectivity index (χ0n) is 14.2. The van der Waals surface area contributed by atoms with Gasteiger partial charge in [0.1, 0.15) is 11.8 Å². The van der Waals surface area contributed by atoms with Crippen LogP contribution in [0.1, 0.15) is 51.9 Å². The lowest BCUT2D eigenvalue weighted by Crippen LogP contribution is -2.40. The number of aromatic nitrogens is 4. The molecular weight excluding hydrogens is 304 g/mol. The molecule has 1 aliphatic carbocycles. The van der Waals surface area contributed by atoms with Crippen LogP contribution in [0.15, 0.2) is 12.7 Å². The van der Waals surface area contributed by atoms with E-state index in [-0.39, 0.29) is 11.9 Å². The van der Waals surface area contributed by atoms with Crippen LogP contribution in [-0.4, -0.2) is 38.4 Å². The van der Waals surface area contributed by atoms with Gasteiger partial charge >= 0.3 is 0 Å². The Bertz CT molecular complexity index is 664. The van der Waals surface area contributed by atoms with E-state index in [0.717, 1.165) is 17.8 Å². The number of nitrogens with one attached hydrogen (secondary N) is 3. The van der Waals surface area contributed by atoms with Crippen molar-refractivity contribution in [3.8, 4) is 0 Å². The second kappa shape index (κ2) is 8.08. The molecule has 0 saturated heterocycles. The minimum atomic E-state index is 0.0917. The van der Waals surface area contributed by atoms with Crippen molar-refractivity contribution in [3.63, 3.8) is 0 Å². The van der Waals surface area contributed by atoms with Crippen molar-refractivity contribution < 1.29 is 4.79 Å². The molecule has 130 valence electrons. The van der Waals surface area contributed by atoms with E-state index in [1.54, 1.807) is 6.33 Å². The number of aromatic amines is 1. The van der Waals surface area contributed by atoms with Crippen molar-refractivity contribution in [2.75, 3.05) is 11.9 Å². The number of anilines is 1. The first-order valence-electron chi connectivity index (χ1n) is 8.93. The minimum absolute atomic E-state index is 0.0917. The number of nitrogens with zero attached hydrogens (tertiary/aromatic N) is 3. The van der Waals surface area contributed by atoms with Gasteiger partial charge in [0.2, 0.25) is 5.91 Å². The normalized spacial score (nSPS) is 16.9. The number of hydrogen-bond acceptors (Lipinski definition) is 5. The maximum atomic E-state index is 12.3. The van der Waals surface area contributed by atoms with Gasteiger partial charge in [0.15, 0.2) is 11.5 Å². The van der Waals surface area contributed by atoms with E-state index < -0.39 is 0 Å². The van der Waals surface area contributed by atoms with Crippen molar-refractivity contribution in [2.24, 2.45) is 5.92 Å². The molecule has 0 unspecified atom stereocenters. The third-order valence-electron chi connectivity index (χ3n) is 4.80. The lowest BCUT2D eigenvalue weighted by molar-refractivity contribution is -0.122. The second-order valence-electron chi connectivity index (χ2n) is 6.59. The Hall–Kier alpha value is -2.18. The Morgan fingerprint density at radius 1 is 1.29 bits per heavy atom. The Balaban J connectivity index is 1.51. The molecule has 2 aromatic heterocycles. The van der Waals surface area contributed by atoms with Crippen molar-refractivity contribution in [2.45, 2.75) is 57.9 Å². The SMILES string of the molecule is CC[C@@H](CNc1ncnc2nc[nH]c12)NC(=O)CC1CCCCC1. The van der Waals surface area contributed by atoms with Crippen LogP contribution in [0.3, 0.4) is 0 Å². The molecule has 3 N–H and O–H groups in total. The molecule has 7 nitrogen and oxygen atoms in total. The highest BCUT2D eigenvalue weighted by Crippen LogP contribution is 2.26. The van der Waals surface area contributed by atoms with Crippen LogP contribution in [-0.2, 0) is 4.79 Å². The first-order chi connectivity index (χ1) is 11.8. The molecule has 0 spiro atoms. The number of imidazole rings is 1. The molecule has 0 radical (unpaired) electrons. The molecule has 24 heavy (non-hydrogen) atoms. The number of amides is 1. The standard InChI is InChI=1S/C17H26N6O/c1-2-13(23-14(24)8-12-6-4-3-5-7-12)9-18-16-15-17(20-10-19-15)22-11-21-16/h10-13H,2-9H2,1H3,(H,23,24)(H2,18,19,20,21,22)/t13-/m0/s1. The summed E-state index contributed by atoms with van der Waals surface area (Å²) in [5.41, 5.74) is 1.43. The van der Waals surface area contributed by atoms with E-state index in [0.29, 0.717) is 24.5 Å². The molecule has 0 aromatic carbocycles. The summed E-state index contributed by atoms with van der Waals surface area (Å²) in [6.45, 7) is 2.72. The molecular formula is C17H26N6O. The number of carbonyl (C=O) groups is 1. The van der Waals surface area contributed by atoms with Gasteiger partial charge in [-0.25, -0.2) is 15.0 Å². The highest BCUT2D eigenvalue weighted by Gasteiger charge is 2.19. The molecule has 0 aliphatic heterocycles. The third kappa shape index (κ3) is 4.21. The van der Waals surface area contributed by atoms with Gasteiger partial charge in [-0.05, 0) is 25.2 Å². The fourth-order valence-electron chi connectivity index (χ4n) is 3.36. The monoisotopic (exact) mass is 330 g/mol. The average molecular weight is 330 g/mol. The zero-order chi connectivity index (χ0) is 16.8. The van der Waals surface area contributed by atoms with Gasteiger partial charge in [-0.3, -0.25) is 4.79 Å². The van der Waals surface area contributed by atoms with Gasteiger partial charge in [-0.1, -0.05) is 26.2 Å².